The molecule has 2 aromatic carbocycles. The fraction of sp³-hybridized carbons (Fsp3) is 0.250. The smallest absolute Gasteiger partial charge is 0.240 e. The van der Waals surface area contributed by atoms with Gasteiger partial charge in [-0.15, -0.1) is 11.3 Å². The molecule has 1 aliphatic heterocycles. The van der Waals surface area contributed by atoms with Crippen molar-refractivity contribution in [2.45, 2.75) is 19.9 Å². The molecule has 4 heterocycles. The molecule has 3 aromatic heterocycles. The number of likely N-dealkylation sites (N-methyl/N-ethyl adjacent to an activating group) is 1. The summed E-state index contributed by atoms with van der Waals surface area (Å²) in [6.07, 6.45) is 3.76. The molecule has 0 spiro atoms. The van der Waals surface area contributed by atoms with E-state index in [1.165, 1.54) is 16.9 Å². The van der Waals surface area contributed by atoms with Crippen LogP contribution in [0.1, 0.15) is 27.0 Å². The van der Waals surface area contributed by atoms with Crippen LogP contribution in [0.5, 0.6) is 11.6 Å². The standard InChI is InChI=1S/C32H31N5O2S/c1-22-17-24(8-9-26(22)21-37-14-12-36(2)13-15-37)29(38)19-23-5-3-7-27(18-23)39-32-30-28(10-16-40-30)34-31(35-32)25-6-4-11-33-20-25/h3-11,16-18,20H,12-15,19,21H2,1-2H3. The number of rotatable bonds is 8. The van der Waals surface area contributed by atoms with Crippen LogP contribution in [-0.4, -0.2) is 63.8 Å². The summed E-state index contributed by atoms with van der Waals surface area (Å²) < 4.78 is 7.15. The second-order valence-electron chi connectivity index (χ2n) is 10.3. The number of carbonyl (C=O) groups is 1. The number of ether oxygens (including phenoxy) is 1. The van der Waals surface area contributed by atoms with E-state index in [0.29, 0.717) is 23.9 Å². The SMILES string of the molecule is Cc1cc(C(=O)Cc2cccc(Oc3nc(-c4cccnc4)nc4ccsc34)c2)ccc1CN1CCN(C)CC1. The highest BCUT2D eigenvalue weighted by atomic mass is 32.1. The van der Waals surface area contributed by atoms with Gasteiger partial charge in [0.1, 0.15) is 10.4 Å². The highest BCUT2D eigenvalue weighted by Crippen LogP contribution is 2.33. The van der Waals surface area contributed by atoms with E-state index in [0.717, 1.165) is 65.2 Å². The maximum Gasteiger partial charge on any atom is 0.240 e. The molecule has 8 heteroatoms. The summed E-state index contributed by atoms with van der Waals surface area (Å²) in [5.41, 5.74) is 5.73. The zero-order chi connectivity index (χ0) is 27.5. The first-order chi connectivity index (χ1) is 19.5. The predicted octanol–water partition coefficient (Wildman–Crippen LogP) is 6.03. The fourth-order valence-corrected chi connectivity index (χ4v) is 5.70. The molecule has 0 radical (unpaired) electrons. The number of benzene rings is 2. The number of hydrogen-bond acceptors (Lipinski definition) is 8. The maximum atomic E-state index is 13.2. The highest BCUT2D eigenvalue weighted by molar-refractivity contribution is 7.17. The summed E-state index contributed by atoms with van der Waals surface area (Å²) in [7, 11) is 2.17. The minimum atomic E-state index is 0.0907. The number of Topliss-reactive ketones (excluding diaryl/α,β-unsaturated/α-hetero) is 1. The number of thiophene rings is 1. The molecule has 0 amide bonds. The number of ketones is 1. The summed E-state index contributed by atoms with van der Waals surface area (Å²) in [6.45, 7) is 7.37. The van der Waals surface area contributed by atoms with Crippen LogP contribution in [0.25, 0.3) is 21.6 Å². The van der Waals surface area contributed by atoms with Crippen molar-refractivity contribution in [1.29, 1.82) is 0 Å². The molecule has 1 aliphatic rings. The number of aryl methyl sites for hydroxylation is 1. The fourth-order valence-electron chi connectivity index (χ4n) is 4.94. The van der Waals surface area contributed by atoms with Crippen molar-refractivity contribution < 1.29 is 9.53 Å². The number of aromatic nitrogens is 3. The Kier molecular flexibility index (Phi) is 7.64. The van der Waals surface area contributed by atoms with Gasteiger partial charge in [-0.05, 0) is 72.4 Å². The predicted molar refractivity (Wildman–Crippen MR) is 159 cm³/mol. The largest absolute Gasteiger partial charge is 0.437 e. The van der Waals surface area contributed by atoms with Crippen LogP contribution in [0.3, 0.4) is 0 Å². The minimum absolute atomic E-state index is 0.0907. The lowest BCUT2D eigenvalue weighted by atomic mass is 9.98. The molecule has 40 heavy (non-hydrogen) atoms. The Morgan fingerprint density at radius 2 is 1.88 bits per heavy atom. The highest BCUT2D eigenvalue weighted by Gasteiger charge is 2.17. The van der Waals surface area contributed by atoms with Crippen LogP contribution < -0.4 is 4.74 Å². The van der Waals surface area contributed by atoms with Gasteiger partial charge in [0.05, 0.1) is 5.52 Å². The molecule has 0 aliphatic carbocycles. The van der Waals surface area contributed by atoms with Crippen LogP contribution in [0, 0.1) is 6.92 Å². The molecule has 7 nitrogen and oxygen atoms in total. The van der Waals surface area contributed by atoms with E-state index >= 15 is 0 Å². The molecule has 202 valence electrons. The van der Waals surface area contributed by atoms with Crippen molar-refractivity contribution in [3.8, 4) is 23.0 Å². The van der Waals surface area contributed by atoms with E-state index in [-0.39, 0.29) is 5.78 Å². The molecular formula is C32H31N5O2S. The molecule has 6 rings (SSSR count). The Morgan fingerprint density at radius 3 is 2.67 bits per heavy atom. The van der Waals surface area contributed by atoms with Crippen molar-refractivity contribution in [2.24, 2.45) is 0 Å². The number of pyridine rings is 1. The molecule has 0 saturated carbocycles. The molecule has 0 bridgehead atoms. The van der Waals surface area contributed by atoms with E-state index in [4.69, 9.17) is 9.72 Å². The number of carbonyl (C=O) groups excluding carboxylic acids is 1. The van der Waals surface area contributed by atoms with Gasteiger partial charge >= 0.3 is 0 Å². The normalized spacial score (nSPS) is 14.4. The number of nitrogens with zero attached hydrogens (tertiary/aromatic N) is 5. The average Bonchev–Trinajstić information content (AvgIpc) is 3.45. The Bertz CT molecular complexity index is 1640. The Balaban J connectivity index is 1.17. The van der Waals surface area contributed by atoms with Crippen molar-refractivity contribution >= 4 is 27.3 Å². The van der Waals surface area contributed by atoms with Gasteiger partial charge in [-0.3, -0.25) is 14.7 Å². The summed E-state index contributed by atoms with van der Waals surface area (Å²) in [5, 5.41) is 1.98. The molecule has 0 unspecified atom stereocenters. The first kappa shape index (κ1) is 26.3. The summed E-state index contributed by atoms with van der Waals surface area (Å²) in [5.74, 6) is 1.78. The van der Waals surface area contributed by atoms with E-state index in [2.05, 4.69) is 39.8 Å². The van der Waals surface area contributed by atoms with Crippen LogP contribution in [-0.2, 0) is 13.0 Å². The molecule has 0 N–H and O–H groups in total. The quantitative estimate of drug-likeness (QED) is 0.219. The van der Waals surface area contributed by atoms with Crippen LogP contribution >= 0.6 is 11.3 Å². The van der Waals surface area contributed by atoms with Crippen LogP contribution in [0.15, 0.2) is 78.4 Å². The van der Waals surface area contributed by atoms with Crippen molar-refractivity contribution in [2.75, 3.05) is 33.2 Å². The minimum Gasteiger partial charge on any atom is -0.437 e. The van der Waals surface area contributed by atoms with E-state index < -0.39 is 0 Å². The molecule has 1 saturated heterocycles. The van der Waals surface area contributed by atoms with Gasteiger partial charge in [0, 0.05) is 62.7 Å². The van der Waals surface area contributed by atoms with Crippen molar-refractivity contribution in [3.63, 3.8) is 0 Å². The summed E-state index contributed by atoms with van der Waals surface area (Å²) >= 11 is 1.54. The average molecular weight is 550 g/mol. The molecular weight excluding hydrogens is 518 g/mol. The lowest BCUT2D eigenvalue weighted by molar-refractivity contribution is 0.0993. The Hall–Kier alpha value is -3.98. The van der Waals surface area contributed by atoms with Gasteiger partial charge in [0.2, 0.25) is 5.88 Å². The topological polar surface area (TPSA) is 71.4 Å². The number of hydrogen-bond donors (Lipinski definition) is 0. The third-order valence-corrected chi connectivity index (χ3v) is 8.22. The maximum absolute atomic E-state index is 13.2. The van der Waals surface area contributed by atoms with Crippen molar-refractivity contribution in [1.82, 2.24) is 24.8 Å². The third-order valence-electron chi connectivity index (χ3n) is 7.32. The summed E-state index contributed by atoms with van der Waals surface area (Å²) in [4.78, 5) is 31.7. The van der Waals surface area contributed by atoms with E-state index in [1.54, 1.807) is 12.4 Å². The van der Waals surface area contributed by atoms with Gasteiger partial charge in [-0.2, -0.15) is 4.98 Å². The van der Waals surface area contributed by atoms with Gasteiger partial charge in [0.15, 0.2) is 11.6 Å². The van der Waals surface area contributed by atoms with E-state index in [1.807, 2.05) is 60.0 Å². The summed E-state index contributed by atoms with van der Waals surface area (Å²) in [6, 6.07) is 19.5. The Morgan fingerprint density at radius 1 is 1.00 bits per heavy atom. The zero-order valence-electron chi connectivity index (χ0n) is 22.7. The lowest BCUT2D eigenvalue weighted by Crippen LogP contribution is -2.43. The van der Waals surface area contributed by atoms with E-state index in [9.17, 15) is 4.79 Å². The van der Waals surface area contributed by atoms with Crippen LogP contribution in [0.4, 0.5) is 0 Å². The van der Waals surface area contributed by atoms with Crippen molar-refractivity contribution in [3.05, 3.63) is 101 Å². The second kappa shape index (κ2) is 11.6. The number of piperazine rings is 1. The van der Waals surface area contributed by atoms with Gasteiger partial charge in [0.25, 0.3) is 0 Å². The molecule has 0 atom stereocenters. The lowest BCUT2D eigenvalue weighted by Gasteiger charge is -2.32. The first-order valence-electron chi connectivity index (χ1n) is 13.5. The second-order valence-corrected chi connectivity index (χ2v) is 11.2. The first-order valence-corrected chi connectivity index (χ1v) is 14.4. The molecule has 1 fully saturated rings. The zero-order valence-corrected chi connectivity index (χ0v) is 23.5. The van der Waals surface area contributed by atoms with Crippen LogP contribution in [0.2, 0.25) is 0 Å². The van der Waals surface area contributed by atoms with Gasteiger partial charge < -0.3 is 9.64 Å². The number of fused-ring (bicyclic) bond motifs is 1. The van der Waals surface area contributed by atoms with Gasteiger partial charge in [-0.1, -0.05) is 24.3 Å². The Labute approximate surface area is 238 Å². The molecule has 5 aromatic rings. The third kappa shape index (κ3) is 5.94. The van der Waals surface area contributed by atoms with Gasteiger partial charge in [-0.25, -0.2) is 4.98 Å². The monoisotopic (exact) mass is 549 g/mol.